The van der Waals surface area contributed by atoms with E-state index in [9.17, 15) is 4.79 Å². The number of fused-ring (bicyclic) bond motifs is 2. The Hall–Kier alpha value is -3.18. The van der Waals surface area contributed by atoms with Crippen molar-refractivity contribution in [3.63, 3.8) is 0 Å². The molecule has 0 bridgehead atoms. The van der Waals surface area contributed by atoms with Gasteiger partial charge in [-0.25, -0.2) is 4.98 Å². The van der Waals surface area contributed by atoms with E-state index >= 15 is 0 Å². The summed E-state index contributed by atoms with van der Waals surface area (Å²) in [6, 6.07) is 22.4. The molecule has 2 aromatic carbocycles. The van der Waals surface area contributed by atoms with Gasteiger partial charge >= 0.3 is 0 Å². The number of nitrogens with one attached hydrogen (secondary N) is 1. The van der Waals surface area contributed by atoms with Crippen molar-refractivity contribution in [2.24, 2.45) is 0 Å². The third-order valence-corrected chi connectivity index (χ3v) is 6.50. The number of aromatic nitrogens is 1. The SMILES string of the molecule is O=C(NCCN1CCCc2ccccc21)c1cc(-c2cccs2)nc2ccccc12. The van der Waals surface area contributed by atoms with Crippen LogP contribution in [-0.4, -0.2) is 30.5 Å². The van der Waals surface area contributed by atoms with E-state index in [1.54, 1.807) is 11.3 Å². The van der Waals surface area contributed by atoms with Crippen molar-refractivity contribution in [1.82, 2.24) is 10.3 Å². The lowest BCUT2D eigenvalue weighted by atomic mass is 10.0. The second-order valence-electron chi connectivity index (χ2n) is 7.52. The molecule has 5 rings (SSSR count). The van der Waals surface area contributed by atoms with Crippen LogP contribution in [-0.2, 0) is 6.42 Å². The van der Waals surface area contributed by atoms with Gasteiger partial charge in [-0.2, -0.15) is 0 Å². The maximum absolute atomic E-state index is 13.1. The predicted molar refractivity (Wildman–Crippen MR) is 124 cm³/mol. The van der Waals surface area contributed by atoms with Crippen molar-refractivity contribution < 1.29 is 4.79 Å². The number of hydrogen-bond acceptors (Lipinski definition) is 4. The van der Waals surface area contributed by atoms with Crippen molar-refractivity contribution in [2.45, 2.75) is 12.8 Å². The largest absolute Gasteiger partial charge is 0.370 e. The number of para-hydroxylation sites is 2. The third-order valence-electron chi connectivity index (χ3n) is 5.61. The van der Waals surface area contributed by atoms with Crippen LogP contribution in [0.5, 0.6) is 0 Å². The van der Waals surface area contributed by atoms with Crippen LogP contribution < -0.4 is 10.2 Å². The van der Waals surface area contributed by atoms with Crippen molar-refractivity contribution in [3.8, 4) is 10.6 Å². The summed E-state index contributed by atoms with van der Waals surface area (Å²) in [7, 11) is 0. The number of pyridine rings is 1. The molecule has 30 heavy (non-hydrogen) atoms. The maximum Gasteiger partial charge on any atom is 0.252 e. The summed E-state index contributed by atoms with van der Waals surface area (Å²) in [6.45, 7) is 2.45. The Labute approximate surface area is 180 Å². The summed E-state index contributed by atoms with van der Waals surface area (Å²) in [6.07, 6.45) is 2.29. The molecule has 5 heteroatoms. The average Bonchev–Trinajstić information content (AvgIpc) is 3.33. The maximum atomic E-state index is 13.1. The predicted octanol–water partition coefficient (Wildman–Crippen LogP) is 5.15. The molecular weight excluding hydrogens is 390 g/mol. The van der Waals surface area contributed by atoms with E-state index in [4.69, 9.17) is 4.98 Å². The van der Waals surface area contributed by atoms with Crippen LogP contribution in [0.3, 0.4) is 0 Å². The van der Waals surface area contributed by atoms with Gasteiger partial charge in [0.15, 0.2) is 0 Å². The highest BCUT2D eigenvalue weighted by atomic mass is 32.1. The molecule has 1 amide bonds. The number of thiophene rings is 1. The molecule has 1 aliphatic heterocycles. The third kappa shape index (κ3) is 3.68. The quantitative estimate of drug-likeness (QED) is 0.492. The van der Waals surface area contributed by atoms with Gasteiger partial charge in [0.05, 0.1) is 21.7 Å². The van der Waals surface area contributed by atoms with Crippen molar-refractivity contribution in [3.05, 3.63) is 83.2 Å². The minimum absolute atomic E-state index is 0.0447. The molecule has 0 spiro atoms. The van der Waals surface area contributed by atoms with Gasteiger partial charge in [0, 0.05) is 30.7 Å². The number of amides is 1. The van der Waals surface area contributed by atoms with Crippen LogP contribution in [0, 0.1) is 0 Å². The van der Waals surface area contributed by atoms with Crippen molar-refractivity contribution in [2.75, 3.05) is 24.5 Å². The van der Waals surface area contributed by atoms with Gasteiger partial charge in [0.25, 0.3) is 5.91 Å². The first-order valence-electron chi connectivity index (χ1n) is 10.3. The van der Waals surface area contributed by atoms with Crippen molar-refractivity contribution >= 4 is 33.8 Å². The summed E-state index contributed by atoms with van der Waals surface area (Å²) >= 11 is 1.63. The van der Waals surface area contributed by atoms with Gasteiger partial charge in [0.1, 0.15) is 0 Å². The van der Waals surface area contributed by atoms with Crippen molar-refractivity contribution in [1.29, 1.82) is 0 Å². The molecule has 0 atom stereocenters. The normalized spacial score (nSPS) is 13.3. The Bertz CT molecular complexity index is 1190. The van der Waals surface area contributed by atoms with E-state index < -0.39 is 0 Å². The fourth-order valence-electron chi connectivity index (χ4n) is 4.16. The van der Waals surface area contributed by atoms with E-state index in [1.807, 2.05) is 47.8 Å². The van der Waals surface area contributed by atoms with E-state index in [0.717, 1.165) is 47.4 Å². The lowest BCUT2D eigenvalue weighted by Crippen LogP contribution is -2.37. The van der Waals surface area contributed by atoms with Crippen LogP contribution in [0.1, 0.15) is 22.3 Å². The second kappa shape index (κ2) is 8.28. The van der Waals surface area contributed by atoms with E-state index in [-0.39, 0.29) is 5.91 Å². The Morgan fingerprint density at radius 3 is 2.83 bits per heavy atom. The zero-order chi connectivity index (χ0) is 20.3. The molecule has 2 aromatic heterocycles. The minimum atomic E-state index is -0.0447. The molecule has 0 saturated heterocycles. The molecule has 3 heterocycles. The van der Waals surface area contributed by atoms with Gasteiger partial charge in [-0.15, -0.1) is 11.3 Å². The Balaban J connectivity index is 1.35. The van der Waals surface area contributed by atoms with E-state index in [0.29, 0.717) is 12.1 Å². The standard InChI is InChI=1S/C25H23N3OS/c29-25(26-13-15-28-14-5-8-18-7-1-4-11-23(18)28)20-17-22(24-12-6-16-30-24)27-21-10-3-2-9-19(20)21/h1-4,6-7,9-12,16-17H,5,8,13-15H2,(H,26,29). The molecule has 150 valence electrons. The van der Waals surface area contributed by atoms with Crippen LogP contribution in [0.25, 0.3) is 21.5 Å². The lowest BCUT2D eigenvalue weighted by Gasteiger charge is -2.31. The zero-order valence-electron chi connectivity index (χ0n) is 16.7. The number of nitrogens with zero attached hydrogens (tertiary/aromatic N) is 2. The number of carbonyl (C=O) groups excluding carboxylic acids is 1. The van der Waals surface area contributed by atoms with Gasteiger partial charge < -0.3 is 10.2 Å². The topological polar surface area (TPSA) is 45.2 Å². The number of carbonyl (C=O) groups is 1. The van der Waals surface area contributed by atoms with Gasteiger partial charge in [-0.3, -0.25) is 4.79 Å². The van der Waals surface area contributed by atoms with Gasteiger partial charge in [0.2, 0.25) is 0 Å². The summed E-state index contributed by atoms with van der Waals surface area (Å²) < 4.78 is 0. The molecule has 0 saturated carbocycles. The van der Waals surface area contributed by atoms with Crippen LogP contribution in [0.2, 0.25) is 0 Å². The van der Waals surface area contributed by atoms with Gasteiger partial charge in [-0.05, 0) is 48.1 Å². The summed E-state index contributed by atoms with van der Waals surface area (Å²) in [4.78, 5) is 21.3. The molecular formula is C25H23N3OS. The molecule has 0 aliphatic carbocycles. The highest BCUT2D eigenvalue weighted by Gasteiger charge is 2.17. The fraction of sp³-hybridized carbons (Fsp3) is 0.200. The Kier molecular flexibility index (Phi) is 5.20. The summed E-state index contributed by atoms with van der Waals surface area (Å²) in [5.74, 6) is -0.0447. The van der Waals surface area contributed by atoms with E-state index in [2.05, 4.69) is 34.5 Å². The monoisotopic (exact) mass is 413 g/mol. The molecule has 0 radical (unpaired) electrons. The zero-order valence-corrected chi connectivity index (χ0v) is 17.5. The number of benzene rings is 2. The first kappa shape index (κ1) is 18.8. The fourth-order valence-corrected chi connectivity index (χ4v) is 4.84. The van der Waals surface area contributed by atoms with Gasteiger partial charge in [-0.1, -0.05) is 42.5 Å². The number of aryl methyl sites for hydroxylation is 1. The van der Waals surface area contributed by atoms with E-state index in [1.165, 1.54) is 11.3 Å². The first-order valence-corrected chi connectivity index (χ1v) is 11.2. The molecule has 1 aliphatic rings. The molecule has 4 aromatic rings. The lowest BCUT2D eigenvalue weighted by molar-refractivity contribution is 0.0956. The Morgan fingerprint density at radius 2 is 1.93 bits per heavy atom. The number of hydrogen-bond donors (Lipinski definition) is 1. The summed E-state index contributed by atoms with van der Waals surface area (Å²) in [5.41, 5.74) is 5.07. The molecule has 4 nitrogen and oxygen atoms in total. The molecule has 0 fully saturated rings. The summed E-state index contributed by atoms with van der Waals surface area (Å²) in [5, 5.41) is 6.05. The highest BCUT2D eigenvalue weighted by molar-refractivity contribution is 7.13. The Morgan fingerprint density at radius 1 is 1.07 bits per heavy atom. The highest BCUT2D eigenvalue weighted by Crippen LogP contribution is 2.28. The van der Waals surface area contributed by atoms with Crippen LogP contribution in [0.4, 0.5) is 5.69 Å². The average molecular weight is 414 g/mol. The van der Waals surface area contributed by atoms with Crippen LogP contribution in [0.15, 0.2) is 72.1 Å². The molecule has 0 unspecified atom stereocenters. The molecule has 1 N–H and O–H groups in total. The minimum Gasteiger partial charge on any atom is -0.370 e. The van der Waals surface area contributed by atoms with Crippen LogP contribution >= 0.6 is 11.3 Å². The second-order valence-corrected chi connectivity index (χ2v) is 8.47. The first-order chi connectivity index (χ1) is 14.8. The number of rotatable bonds is 5. The smallest absolute Gasteiger partial charge is 0.252 e. The number of anilines is 1.